The Kier molecular flexibility index (Phi) is 5.19. The van der Waals surface area contributed by atoms with E-state index in [0.717, 1.165) is 12.8 Å². The summed E-state index contributed by atoms with van der Waals surface area (Å²) in [6.07, 6.45) is 1.31. The summed E-state index contributed by atoms with van der Waals surface area (Å²) in [5.41, 5.74) is 0. The Morgan fingerprint density at radius 1 is 1.35 bits per heavy atom. The summed E-state index contributed by atoms with van der Waals surface area (Å²) in [7, 11) is 0. The Labute approximate surface area is 118 Å². The lowest BCUT2D eigenvalue weighted by atomic mass is 10.0. The van der Waals surface area contributed by atoms with Crippen molar-refractivity contribution in [3.05, 3.63) is 0 Å². The molecule has 0 spiro atoms. The zero-order valence-electron chi connectivity index (χ0n) is 11.7. The van der Waals surface area contributed by atoms with Gasteiger partial charge in [-0.25, -0.2) is 4.79 Å². The number of nitrogens with zero attached hydrogens (tertiary/aromatic N) is 1. The lowest BCUT2D eigenvalue weighted by Gasteiger charge is -2.35. The van der Waals surface area contributed by atoms with Crippen LogP contribution in [0.2, 0.25) is 0 Å². The van der Waals surface area contributed by atoms with Crippen LogP contribution < -0.4 is 5.32 Å². The smallest absolute Gasteiger partial charge is 0.317 e. The molecule has 0 aliphatic carbocycles. The molecule has 2 fully saturated rings. The number of hydrogen-bond acceptors (Lipinski definition) is 4. The van der Waals surface area contributed by atoms with Gasteiger partial charge in [0, 0.05) is 25.7 Å². The second-order valence-electron chi connectivity index (χ2n) is 5.39. The molecular formula is C13H22N2O5. The third kappa shape index (κ3) is 4.35. The van der Waals surface area contributed by atoms with Crippen molar-refractivity contribution in [3.63, 3.8) is 0 Å². The van der Waals surface area contributed by atoms with Gasteiger partial charge >= 0.3 is 12.0 Å². The van der Waals surface area contributed by atoms with Gasteiger partial charge in [-0.15, -0.1) is 0 Å². The van der Waals surface area contributed by atoms with Gasteiger partial charge in [-0.1, -0.05) is 0 Å². The van der Waals surface area contributed by atoms with E-state index < -0.39 is 12.1 Å². The number of nitrogens with one attached hydrogen (secondary N) is 1. The first-order chi connectivity index (χ1) is 9.54. The second kappa shape index (κ2) is 6.90. The fourth-order valence-electron chi connectivity index (χ4n) is 2.62. The maximum absolute atomic E-state index is 12.2. The van der Waals surface area contributed by atoms with Crippen LogP contribution in [0.25, 0.3) is 0 Å². The number of rotatable bonds is 3. The maximum Gasteiger partial charge on any atom is 0.317 e. The second-order valence-corrected chi connectivity index (χ2v) is 5.39. The number of ether oxygens (including phenoxy) is 2. The number of amides is 2. The lowest BCUT2D eigenvalue weighted by molar-refractivity contribution is -0.141. The van der Waals surface area contributed by atoms with Crippen LogP contribution in [0, 0.1) is 0 Å². The van der Waals surface area contributed by atoms with E-state index in [4.69, 9.17) is 14.6 Å². The van der Waals surface area contributed by atoms with Crippen LogP contribution in [0.1, 0.15) is 26.2 Å². The molecule has 0 aromatic heterocycles. The Balaban J connectivity index is 1.80. The predicted octanol–water partition coefficient (Wildman–Crippen LogP) is 0.439. The minimum absolute atomic E-state index is 0.0713. The van der Waals surface area contributed by atoms with Gasteiger partial charge in [0.2, 0.25) is 0 Å². The maximum atomic E-state index is 12.2. The van der Waals surface area contributed by atoms with Gasteiger partial charge < -0.3 is 24.8 Å². The van der Waals surface area contributed by atoms with Crippen molar-refractivity contribution in [3.8, 4) is 0 Å². The Hall–Kier alpha value is -1.34. The van der Waals surface area contributed by atoms with E-state index >= 15 is 0 Å². The van der Waals surface area contributed by atoms with Crippen LogP contribution in [-0.4, -0.2) is 66.6 Å². The molecule has 2 saturated heterocycles. The molecule has 2 rings (SSSR count). The van der Waals surface area contributed by atoms with Gasteiger partial charge in [0.05, 0.1) is 25.2 Å². The molecule has 2 amide bonds. The first-order valence-electron chi connectivity index (χ1n) is 7.05. The summed E-state index contributed by atoms with van der Waals surface area (Å²) in [4.78, 5) is 24.5. The number of carboxylic acids is 1. The van der Waals surface area contributed by atoms with Crippen molar-refractivity contribution in [1.82, 2.24) is 10.2 Å². The molecule has 2 aliphatic rings. The number of carbonyl (C=O) groups excluding carboxylic acids is 1. The molecule has 3 unspecified atom stereocenters. The summed E-state index contributed by atoms with van der Waals surface area (Å²) in [6, 6.07) is -0.00481. The highest BCUT2D eigenvalue weighted by Gasteiger charge is 2.28. The van der Waals surface area contributed by atoms with E-state index in [1.807, 2.05) is 6.92 Å². The molecule has 0 aromatic carbocycles. The Bertz CT molecular complexity index is 363. The topological polar surface area (TPSA) is 88.1 Å². The van der Waals surface area contributed by atoms with Crippen molar-refractivity contribution in [1.29, 1.82) is 0 Å². The highest BCUT2D eigenvalue weighted by Crippen LogP contribution is 2.14. The van der Waals surface area contributed by atoms with E-state index in [1.54, 1.807) is 4.90 Å². The van der Waals surface area contributed by atoms with Crippen LogP contribution in [0.3, 0.4) is 0 Å². The van der Waals surface area contributed by atoms with Gasteiger partial charge in [-0.2, -0.15) is 0 Å². The summed E-state index contributed by atoms with van der Waals surface area (Å²) in [5, 5.41) is 11.8. The molecule has 114 valence electrons. The average Bonchev–Trinajstić information content (AvgIpc) is 2.38. The first kappa shape index (κ1) is 15.1. The van der Waals surface area contributed by atoms with Gasteiger partial charge in [0.25, 0.3) is 0 Å². The van der Waals surface area contributed by atoms with Crippen LogP contribution >= 0.6 is 0 Å². The molecule has 0 aromatic rings. The molecule has 0 bridgehead atoms. The highest BCUT2D eigenvalue weighted by atomic mass is 16.5. The molecule has 0 saturated carbocycles. The molecule has 0 radical (unpaired) electrons. The standard InChI is InChI=1S/C13H22N2O5/c1-9-6-10(2-4-19-9)14-13(18)15-3-5-20-11(8-15)7-12(16)17/h9-11H,2-8H2,1H3,(H,14,18)(H,16,17). The van der Waals surface area contributed by atoms with Crippen LogP contribution in [0.15, 0.2) is 0 Å². The van der Waals surface area contributed by atoms with Crippen molar-refractivity contribution in [2.75, 3.05) is 26.3 Å². The molecular weight excluding hydrogens is 264 g/mol. The van der Waals surface area contributed by atoms with E-state index in [-0.39, 0.29) is 24.6 Å². The van der Waals surface area contributed by atoms with Crippen molar-refractivity contribution < 1.29 is 24.2 Å². The number of carboxylic acid groups (broad SMARTS) is 1. The third-order valence-corrected chi connectivity index (χ3v) is 3.64. The van der Waals surface area contributed by atoms with Gasteiger partial charge in [0.15, 0.2) is 0 Å². The monoisotopic (exact) mass is 286 g/mol. The molecule has 3 atom stereocenters. The van der Waals surface area contributed by atoms with Crippen molar-refractivity contribution in [2.24, 2.45) is 0 Å². The molecule has 20 heavy (non-hydrogen) atoms. The van der Waals surface area contributed by atoms with E-state index in [2.05, 4.69) is 5.32 Å². The number of aliphatic carboxylic acids is 1. The quantitative estimate of drug-likeness (QED) is 0.786. The van der Waals surface area contributed by atoms with E-state index in [0.29, 0.717) is 26.3 Å². The largest absolute Gasteiger partial charge is 0.481 e. The fourth-order valence-corrected chi connectivity index (χ4v) is 2.62. The third-order valence-electron chi connectivity index (χ3n) is 3.64. The minimum atomic E-state index is -0.907. The number of carbonyl (C=O) groups is 2. The van der Waals surface area contributed by atoms with Gasteiger partial charge in [-0.3, -0.25) is 4.79 Å². The minimum Gasteiger partial charge on any atom is -0.481 e. The number of urea groups is 1. The summed E-state index contributed by atoms with van der Waals surface area (Å²) in [6.45, 7) is 3.87. The zero-order chi connectivity index (χ0) is 14.5. The lowest BCUT2D eigenvalue weighted by Crippen LogP contribution is -2.53. The van der Waals surface area contributed by atoms with Crippen molar-refractivity contribution in [2.45, 2.75) is 44.4 Å². The van der Waals surface area contributed by atoms with E-state index in [9.17, 15) is 9.59 Å². The summed E-state index contributed by atoms with van der Waals surface area (Å²) in [5.74, 6) is -0.907. The zero-order valence-corrected chi connectivity index (χ0v) is 11.7. The molecule has 2 heterocycles. The van der Waals surface area contributed by atoms with Crippen LogP contribution in [0.5, 0.6) is 0 Å². The van der Waals surface area contributed by atoms with Gasteiger partial charge in [0.1, 0.15) is 0 Å². The van der Waals surface area contributed by atoms with Gasteiger partial charge in [-0.05, 0) is 19.8 Å². The van der Waals surface area contributed by atoms with Crippen LogP contribution in [0.4, 0.5) is 4.79 Å². The first-order valence-corrected chi connectivity index (χ1v) is 7.05. The Morgan fingerprint density at radius 2 is 2.15 bits per heavy atom. The number of hydrogen-bond donors (Lipinski definition) is 2. The normalized spacial score (nSPS) is 30.9. The number of morpholine rings is 1. The molecule has 7 nitrogen and oxygen atoms in total. The predicted molar refractivity (Wildman–Crippen MR) is 70.5 cm³/mol. The summed E-state index contributed by atoms with van der Waals surface area (Å²) >= 11 is 0. The highest BCUT2D eigenvalue weighted by molar-refractivity contribution is 5.75. The molecule has 2 N–H and O–H groups in total. The van der Waals surface area contributed by atoms with Crippen LogP contribution in [-0.2, 0) is 14.3 Å². The average molecular weight is 286 g/mol. The molecule has 7 heteroatoms. The summed E-state index contributed by atoms with van der Waals surface area (Å²) < 4.78 is 10.8. The SMILES string of the molecule is CC1CC(NC(=O)N2CCOC(CC(=O)O)C2)CCO1. The van der Waals surface area contributed by atoms with E-state index in [1.165, 1.54) is 0 Å². The van der Waals surface area contributed by atoms with Crippen molar-refractivity contribution >= 4 is 12.0 Å². The Morgan fingerprint density at radius 3 is 2.85 bits per heavy atom. The fraction of sp³-hybridized carbons (Fsp3) is 0.846. The molecule has 2 aliphatic heterocycles.